The first-order valence-corrected chi connectivity index (χ1v) is 5.17. The van der Waals surface area contributed by atoms with Crippen molar-refractivity contribution in [3.63, 3.8) is 0 Å². The fourth-order valence-corrected chi connectivity index (χ4v) is 1.76. The zero-order valence-corrected chi connectivity index (χ0v) is 9.55. The fourth-order valence-electron chi connectivity index (χ4n) is 1.35. The largest absolute Gasteiger partial charge is 0.226 e. The summed E-state index contributed by atoms with van der Waals surface area (Å²) in [5.41, 5.74) is 2.96. The van der Waals surface area contributed by atoms with Crippen molar-refractivity contribution in [3.8, 4) is 11.1 Å². The minimum absolute atomic E-state index is 0.163. The summed E-state index contributed by atoms with van der Waals surface area (Å²) in [5.74, 6) is 0. The Morgan fingerprint density at radius 1 is 1.20 bits per heavy atom. The summed E-state index contributed by atoms with van der Waals surface area (Å²) < 4.78 is 0. The average Bonchev–Trinajstić information content (AvgIpc) is 2.17. The highest BCUT2D eigenvalue weighted by Gasteiger charge is 2.06. The molecule has 0 bridgehead atoms. The molecule has 0 aliphatic heterocycles. The van der Waals surface area contributed by atoms with Gasteiger partial charge in [-0.05, 0) is 24.1 Å². The van der Waals surface area contributed by atoms with Crippen LogP contribution in [0.2, 0.25) is 10.4 Å². The van der Waals surface area contributed by atoms with Crippen molar-refractivity contribution in [2.75, 3.05) is 0 Å². The molecule has 0 fully saturated rings. The van der Waals surface area contributed by atoms with Crippen LogP contribution < -0.4 is 0 Å². The normalized spacial score (nSPS) is 10.3. The molecule has 2 nitrogen and oxygen atoms in total. The van der Waals surface area contributed by atoms with Crippen LogP contribution in [0.3, 0.4) is 0 Å². The summed E-state index contributed by atoms with van der Waals surface area (Å²) in [5, 5.41) is 0.539. The Bertz CT molecular complexity index is 498. The molecule has 0 N–H and O–H groups in total. The molecular weight excluding hydrogens is 231 g/mol. The van der Waals surface area contributed by atoms with Gasteiger partial charge in [-0.15, -0.1) is 0 Å². The molecule has 0 amide bonds. The summed E-state index contributed by atoms with van der Waals surface area (Å²) in [6, 6.07) is 7.98. The van der Waals surface area contributed by atoms with Gasteiger partial charge in [0.15, 0.2) is 0 Å². The fraction of sp³-hybridized carbons (Fsp3) is 0.0909. The lowest BCUT2D eigenvalue weighted by atomic mass is 10.1. The number of halogens is 2. The zero-order valence-electron chi connectivity index (χ0n) is 8.04. The quantitative estimate of drug-likeness (QED) is 0.559. The Labute approximate surface area is 97.9 Å². The Balaban J connectivity index is 2.54. The first-order valence-electron chi connectivity index (χ1n) is 4.42. The Morgan fingerprint density at radius 2 is 2.00 bits per heavy atom. The van der Waals surface area contributed by atoms with Crippen LogP contribution in [0, 0.1) is 6.92 Å². The number of rotatable bonds is 1. The van der Waals surface area contributed by atoms with Crippen LogP contribution in [-0.4, -0.2) is 9.97 Å². The van der Waals surface area contributed by atoms with Crippen LogP contribution >= 0.6 is 23.2 Å². The van der Waals surface area contributed by atoms with Gasteiger partial charge in [-0.1, -0.05) is 41.4 Å². The van der Waals surface area contributed by atoms with Crippen molar-refractivity contribution in [2.24, 2.45) is 0 Å². The minimum atomic E-state index is 0.163. The predicted molar refractivity (Wildman–Crippen MR) is 62.2 cm³/mol. The molecule has 0 unspecified atom stereocenters. The molecule has 0 saturated heterocycles. The van der Waals surface area contributed by atoms with Crippen LogP contribution in [-0.2, 0) is 0 Å². The molecule has 15 heavy (non-hydrogen) atoms. The molecule has 2 rings (SSSR count). The van der Waals surface area contributed by atoms with Gasteiger partial charge in [-0.3, -0.25) is 0 Å². The number of aryl methyl sites for hydroxylation is 1. The van der Waals surface area contributed by atoms with Gasteiger partial charge in [0.2, 0.25) is 5.28 Å². The molecule has 0 atom stereocenters. The van der Waals surface area contributed by atoms with E-state index in [0.29, 0.717) is 5.15 Å². The van der Waals surface area contributed by atoms with Gasteiger partial charge in [-0.2, -0.15) is 0 Å². The lowest BCUT2D eigenvalue weighted by molar-refractivity contribution is 1.17. The monoisotopic (exact) mass is 238 g/mol. The zero-order chi connectivity index (χ0) is 10.8. The van der Waals surface area contributed by atoms with Gasteiger partial charge in [-0.25, -0.2) is 9.97 Å². The van der Waals surface area contributed by atoms with E-state index in [2.05, 4.69) is 9.97 Å². The number of hydrogen-bond acceptors (Lipinski definition) is 2. The second-order valence-corrected chi connectivity index (χ2v) is 3.91. The number of aromatic nitrogens is 2. The van der Waals surface area contributed by atoms with Crippen LogP contribution in [0.4, 0.5) is 0 Å². The van der Waals surface area contributed by atoms with E-state index in [4.69, 9.17) is 23.2 Å². The first kappa shape index (κ1) is 10.4. The molecule has 0 radical (unpaired) electrons. The summed E-state index contributed by atoms with van der Waals surface area (Å²) >= 11 is 11.6. The van der Waals surface area contributed by atoms with Crippen LogP contribution in [0.15, 0.2) is 30.5 Å². The SMILES string of the molecule is Cc1cccc(-c2cnc(Cl)nc2Cl)c1. The van der Waals surface area contributed by atoms with Gasteiger partial charge in [0.05, 0.1) is 0 Å². The first-order chi connectivity index (χ1) is 7.16. The van der Waals surface area contributed by atoms with Gasteiger partial charge < -0.3 is 0 Å². The van der Waals surface area contributed by atoms with Crippen molar-refractivity contribution in [1.82, 2.24) is 9.97 Å². The average molecular weight is 239 g/mol. The van der Waals surface area contributed by atoms with E-state index in [0.717, 1.165) is 11.1 Å². The lowest BCUT2D eigenvalue weighted by Gasteiger charge is -2.04. The lowest BCUT2D eigenvalue weighted by Crippen LogP contribution is -1.87. The molecular formula is C11H8Cl2N2. The van der Waals surface area contributed by atoms with Gasteiger partial charge in [0.25, 0.3) is 0 Å². The molecule has 76 valence electrons. The standard InChI is InChI=1S/C11H8Cl2N2/c1-7-3-2-4-8(5-7)9-6-14-11(13)15-10(9)12/h2-6H,1H3. The van der Waals surface area contributed by atoms with E-state index >= 15 is 0 Å². The smallest absolute Gasteiger partial charge is 0.223 e. The third-order valence-corrected chi connectivity index (χ3v) is 2.51. The molecule has 1 aromatic heterocycles. The van der Waals surface area contributed by atoms with Crippen molar-refractivity contribution in [1.29, 1.82) is 0 Å². The van der Waals surface area contributed by atoms with Gasteiger partial charge >= 0.3 is 0 Å². The van der Waals surface area contributed by atoms with E-state index in [1.54, 1.807) is 6.20 Å². The summed E-state index contributed by atoms with van der Waals surface area (Å²) in [6.07, 6.45) is 1.63. The Kier molecular flexibility index (Phi) is 2.89. The third kappa shape index (κ3) is 2.28. The topological polar surface area (TPSA) is 25.8 Å². The maximum atomic E-state index is 5.98. The Hall–Kier alpha value is -1.12. The molecule has 2 aromatic rings. The van der Waals surface area contributed by atoms with Gasteiger partial charge in [0, 0.05) is 11.8 Å². The highest BCUT2D eigenvalue weighted by molar-refractivity contribution is 6.33. The van der Waals surface area contributed by atoms with Crippen LogP contribution in [0.25, 0.3) is 11.1 Å². The molecule has 0 saturated carbocycles. The Morgan fingerprint density at radius 3 is 2.67 bits per heavy atom. The highest BCUT2D eigenvalue weighted by atomic mass is 35.5. The molecule has 0 spiro atoms. The van der Waals surface area contributed by atoms with Gasteiger partial charge in [0.1, 0.15) is 5.15 Å². The van der Waals surface area contributed by atoms with Crippen molar-refractivity contribution >= 4 is 23.2 Å². The number of hydrogen-bond donors (Lipinski definition) is 0. The van der Waals surface area contributed by atoms with E-state index in [9.17, 15) is 0 Å². The van der Waals surface area contributed by atoms with Crippen molar-refractivity contribution in [2.45, 2.75) is 6.92 Å². The number of benzene rings is 1. The number of nitrogens with zero attached hydrogens (tertiary/aromatic N) is 2. The molecule has 1 aromatic carbocycles. The third-order valence-electron chi connectivity index (χ3n) is 2.04. The minimum Gasteiger partial charge on any atom is -0.226 e. The van der Waals surface area contributed by atoms with Crippen LogP contribution in [0.5, 0.6) is 0 Å². The molecule has 1 heterocycles. The van der Waals surface area contributed by atoms with E-state index < -0.39 is 0 Å². The summed E-state index contributed by atoms with van der Waals surface area (Å²) in [4.78, 5) is 7.82. The van der Waals surface area contributed by atoms with E-state index in [-0.39, 0.29) is 5.28 Å². The second-order valence-electron chi connectivity index (χ2n) is 3.21. The highest BCUT2D eigenvalue weighted by Crippen LogP contribution is 2.26. The second kappa shape index (κ2) is 4.17. The summed E-state index contributed by atoms with van der Waals surface area (Å²) in [7, 11) is 0. The maximum Gasteiger partial charge on any atom is 0.223 e. The van der Waals surface area contributed by atoms with Crippen molar-refractivity contribution in [3.05, 3.63) is 46.5 Å². The summed E-state index contributed by atoms with van der Waals surface area (Å²) in [6.45, 7) is 2.02. The maximum absolute atomic E-state index is 5.98. The van der Waals surface area contributed by atoms with E-state index in [1.165, 1.54) is 5.56 Å². The molecule has 4 heteroatoms. The van der Waals surface area contributed by atoms with E-state index in [1.807, 2.05) is 31.2 Å². The molecule has 0 aliphatic carbocycles. The van der Waals surface area contributed by atoms with Crippen molar-refractivity contribution < 1.29 is 0 Å². The molecule has 0 aliphatic rings. The predicted octanol–water partition coefficient (Wildman–Crippen LogP) is 3.76. The van der Waals surface area contributed by atoms with Crippen LogP contribution in [0.1, 0.15) is 5.56 Å².